The van der Waals surface area contributed by atoms with E-state index in [1.165, 1.54) is 34.7 Å². The van der Waals surface area contributed by atoms with E-state index >= 15 is 0 Å². The lowest BCUT2D eigenvalue weighted by molar-refractivity contribution is -0.137. The van der Waals surface area contributed by atoms with Gasteiger partial charge in [-0.3, -0.25) is 14.8 Å². The standard InChI is InChI=1S/C15H15F3N2O3S/c1-2-3-9-4-5-10(8-12(9)24-15(16,17)18)14(22)20-7-6-11(20)13(21)19-23/h2,4-5,8,11,23H,1,3,6-7H2,(H,19,21)/t11-/m1/s1. The van der Waals surface area contributed by atoms with Crippen molar-refractivity contribution < 1.29 is 28.0 Å². The van der Waals surface area contributed by atoms with Gasteiger partial charge in [0.15, 0.2) is 0 Å². The molecule has 0 spiro atoms. The van der Waals surface area contributed by atoms with Gasteiger partial charge in [0, 0.05) is 17.0 Å². The second-order valence-corrected chi connectivity index (χ2v) is 6.25. The molecule has 1 fully saturated rings. The highest BCUT2D eigenvalue weighted by Gasteiger charge is 2.38. The third-order valence-electron chi connectivity index (χ3n) is 3.60. The monoisotopic (exact) mass is 360 g/mol. The molecule has 0 radical (unpaired) electrons. The quantitative estimate of drug-likeness (QED) is 0.367. The summed E-state index contributed by atoms with van der Waals surface area (Å²) < 4.78 is 38.1. The average molecular weight is 360 g/mol. The van der Waals surface area contributed by atoms with Gasteiger partial charge < -0.3 is 4.90 Å². The molecule has 5 nitrogen and oxygen atoms in total. The van der Waals surface area contributed by atoms with Crippen LogP contribution in [0.3, 0.4) is 0 Å². The maximum absolute atomic E-state index is 12.7. The molecule has 0 bridgehead atoms. The van der Waals surface area contributed by atoms with Gasteiger partial charge >= 0.3 is 5.51 Å². The zero-order chi connectivity index (χ0) is 17.9. The third-order valence-corrected chi connectivity index (χ3v) is 4.43. The van der Waals surface area contributed by atoms with Crippen LogP contribution in [0.5, 0.6) is 0 Å². The molecule has 1 aliphatic heterocycles. The zero-order valence-electron chi connectivity index (χ0n) is 12.5. The highest BCUT2D eigenvalue weighted by Crippen LogP contribution is 2.39. The summed E-state index contributed by atoms with van der Waals surface area (Å²) in [5.41, 5.74) is -2.53. The van der Waals surface area contributed by atoms with Gasteiger partial charge in [-0.25, -0.2) is 5.48 Å². The highest BCUT2D eigenvalue weighted by atomic mass is 32.2. The minimum atomic E-state index is -4.48. The Hall–Kier alpha value is -2.00. The molecular formula is C15H15F3N2O3S. The molecule has 130 valence electrons. The van der Waals surface area contributed by atoms with E-state index in [1.54, 1.807) is 0 Å². The smallest absolute Gasteiger partial charge is 0.326 e. The topological polar surface area (TPSA) is 69.6 Å². The molecule has 0 unspecified atom stereocenters. The summed E-state index contributed by atoms with van der Waals surface area (Å²) >= 11 is -0.290. The Balaban J connectivity index is 2.27. The molecule has 0 aliphatic carbocycles. The number of alkyl halides is 3. The molecule has 2 rings (SSSR count). The normalized spacial score (nSPS) is 17.2. The van der Waals surface area contributed by atoms with Gasteiger partial charge in [-0.2, -0.15) is 13.2 Å². The number of carbonyl (C=O) groups is 2. The molecule has 1 aliphatic rings. The first-order valence-electron chi connectivity index (χ1n) is 7.01. The van der Waals surface area contributed by atoms with Crippen molar-refractivity contribution in [2.75, 3.05) is 6.54 Å². The van der Waals surface area contributed by atoms with Crippen LogP contribution in [-0.4, -0.2) is 40.0 Å². The highest BCUT2D eigenvalue weighted by molar-refractivity contribution is 8.00. The van der Waals surface area contributed by atoms with Crippen molar-refractivity contribution in [3.05, 3.63) is 42.0 Å². The van der Waals surface area contributed by atoms with Crippen LogP contribution in [0, 0.1) is 0 Å². The molecule has 9 heteroatoms. The van der Waals surface area contributed by atoms with Gasteiger partial charge in [0.2, 0.25) is 0 Å². The van der Waals surface area contributed by atoms with Crippen LogP contribution in [0.4, 0.5) is 13.2 Å². The number of amides is 2. The van der Waals surface area contributed by atoms with Crippen molar-refractivity contribution in [2.24, 2.45) is 0 Å². The maximum atomic E-state index is 12.7. The van der Waals surface area contributed by atoms with Crippen LogP contribution in [0.2, 0.25) is 0 Å². The fourth-order valence-corrected chi connectivity index (χ4v) is 3.09. The number of thioether (sulfide) groups is 1. The Morgan fingerprint density at radius 3 is 2.67 bits per heavy atom. The molecule has 1 aromatic carbocycles. The van der Waals surface area contributed by atoms with E-state index in [2.05, 4.69) is 6.58 Å². The van der Waals surface area contributed by atoms with Crippen LogP contribution in [0.25, 0.3) is 0 Å². The van der Waals surface area contributed by atoms with Crippen molar-refractivity contribution in [3.63, 3.8) is 0 Å². The number of benzene rings is 1. The molecule has 0 aromatic heterocycles. The lowest BCUT2D eigenvalue weighted by atomic mass is 10.00. The van der Waals surface area contributed by atoms with Crippen LogP contribution >= 0.6 is 11.8 Å². The van der Waals surface area contributed by atoms with Crippen LogP contribution < -0.4 is 5.48 Å². The fraction of sp³-hybridized carbons (Fsp3) is 0.333. The van der Waals surface area contributed by atoms with Crippen molar-refractivity contribution in [1.29, 1.82) is 0 Å². The second kappa shape index (κ2) is 7.27. The lowest BCUT2D eigenvalue weighted by Crippen LogP contribution is -2.57. The van der Waals surface area contributed by atoms with E-state index in [1.807, 2.05) is 0 Å². The Labute approximate surface area is 140 Å². The summed E-state index contributed by atoms with van der Waals surface area (Å²) in [6, 6.07) is 3.23. The number of carbonyl (C=O) groups excluding carboxylic acids is 2. The minimum Gasteiger partial charge on any atom is -0.326 e. The largest absolute Gasteiger partial charge is 0.446 e. The number of rotatable bonds is 5. The summed E-state index contributed by atoms with van der Waals surface area (Å²) in [5.74, 6) is -1.27. The summed E-state index contributed by atoms with van der Waals surface area (Å²) in [7, 11) is 0. The molecule has 1 atom stereocenters. The number of nitrogens with one attached hydrogen (secondary N) is 1. The van der Waals surface area contributed by atoms with Gasteiger partial charge in [-0.05, 0) is 42.3 Å². The van der Waals surface area contributed by atoms with E-state index in [0.717, 1.165) is 0 Å². The predicted octanol–water partition coefficient (Wildman–Crippen LogP) is 2.75. The Morgan fingerprint density at radius 2 is 2.17 bits per heavy atom. The SMILES string of the molecule is C=CCc1ccc(C(=O)N2CC[C@@H]2C(=O)NO)cc1SC(F)(F)F. The summed E-state index contributed by atoms with van der Waals surface area (Å²) in [5, 5.41) is 8.63. The Morgan fingerprint density at radius 1 is 1.46 bits per heavy atom. The number of halogens is 3. The molecule has 0 saturated carbocycles. The summed E-state index contributed by atoms with van der Waals surface area (Å²) in [4.78, 5) is 24.9. The summed E-state index contributed by atoms with van der Waals surface area (Å²) in [6.07, 6.45) is 2.11. The maximum Gasteiger partial charge on any atom is 0.446 e. The van der Waals surface area contributed by atoms with Gasteiger partial charge in [-0.15, -0.1) is 6.58 Å². The van der Waals surface area contributed by atoms with E-state index in [4.69, 9.17) is 5.21 Å². The predicted molar refractivity (Wildman–Crippen MR) is 81.6 cm³/mol. The second-order valence-electron chi connectivity index (χ2n) is 5.14. The molecular weight excluding hydrogens is 345 g/mol. The van der Waals surface area contributed by atoms with E-state index in [0.29, 0.717) is 18.5 Å². The number of hydrogen-bond donors (Lipinski definition) is 2. The molecule has 1 heterocycles. The van der Waals surface area contributed by atoms with Crippen LogP contribution in [-0.2, 0) is 11.2 Å². The molecule has 1 aromatic rings. The summed E-state index contributed by atoms with van der Waals surface area (Å²) in [6.45, 7) is 3.81. The first kappa shape index (κ1) is 18.3. The number of allylic oxidation sites excluding steroid dienone is 1. The minimum absolute atomic E-state index is 0.0602. The van der Waals surface area contributed by atoms with E-state index < -0.39 is 23.4 Å². The van der Waals surface area contributed by atoms with Crippen molar-refractivity contribution in [3.8, 4) is 0 Å². The van der Waals surface area contributed by atoms with Crippen LogP contribution in [0.15, 0.2) is 35.7 Å². The van der Waals surface area contributed by atoms with Crippen LogP contribution in [0.1, 0.15) is 22.3 Å². The molecule has 2 amide bonds. The first-order chi connectivity index (χ1) is 11.3. The van der Waals surface area contributed by atoms with E-state index in [-0.39, 0.29) is 28.6 Å². The van der Waals surface area contributed by atoms with Crippen molar-refractivity contribution in [2.45, 2.75) is 29.3 Å². The number of likely N-dealkylation sites (tertiary alicyclic amines) is 1. The van der Waals surface area contributed by atoms with Gasteiger partial charge in [0.05, 0.1) is 0 Å². The lowest BCUT2D eigenvalue weighted by Gasteiger charge is -2.39. The van der Waals surface area contributed by atoms with E-state index in [9.17, 15) is 22.8 Å². The Bertz CT molecular complexity index is 664. The van der Waals surface area contributed by atoms with Gasteiger partial charge in [-0.1, -0.05) is 12.1 Å². The number of nitrogens with zero attached hydrogens (tertiary/aromatic N) is 1. The zero-order valence-corrected chi connectivity index (χ0v) is 13.3. The van der Waals surface area contributed by atoms with Crippen molar-refractivity contribution >= 4 is 23.6 Å². The molecule has 24 heavy (non-hydrogen) atoms. The Kier molecular flexibility index (Phi) is 5.55. The van der Waals surface area contributed by atoms with Gasteiger partial charge in [0.25, 0.3) is 11.8 Å². The average Bonchev–Trinajstić information content (AvgIpc) is 2.46. The van der Waals surface area contributed by atoms with Crippen molar-refractivity contribution in [1.82, 2.24) is 10.4 Å². The molecule has 1 saturated heterocycles. The fourth-order valence-electron chi connectivity index (χ4n) is 2.37. The van der Waals surface area contributed by atoms with Gasteiger partial charge in [0.1, 0.15) is 6.04 Å². The molecule has 2 N–H and O–H groups in total. The number of hydroxylamine groups is 1. The first-order valence-corrected chi connectivity index (χ1v) is 7.83. The third kappa shape index (κ3) is 4.09. The number of hydrogen-bond acceptors (Lipinski definition) is 4.